The number of nitrogens with zero attached hydrogens (tertiary/aromatic N) is 1. The Bertz CT molecular complexity index is 350. The number of aryl methyl sites for hydroxylation is 1. The molecule has 2 rings (SSSR count). The fourth-order valence-corrected chi connectivity index (χ4v) is 2.55. The van der Waals surface area contributed by atoms with Gasteiger partial charge in [-0.3, -0.25) is 0 Å². The van der Waals surface area contributed by atoms with Crippen LogP contribution in [-0.2, 0) is 11.8 Å². The molecule has 1 heterocycles. The zero-order valence-corrected chi connectivity index (χ0v) is 9.67. The molecule has 1 aromatic heterocycles. The number of pyridine rings is 1. The van der Waals surface area contributed by atoms with Crippen LogP contribution in [-0.4, -0.2) is 0 Å². The third-order valence-corrected chi connectivity index (χ3v) is 3.32. The van der Waals surface area contributed by atoms with Crippen molar-refractivity contribution in [2.75, 3.05) is 0 Å². The molecule has 1 aromatic rings. The van der Waals surface area contributed by atoms with Gasteiger partial charge in [0.1, 0.15) is 0 Å². The summed E-state index contributed by atoms with van der Waals surface area (Å²) in [5.74, 6) is 0. The Balaban J connectivity index is 2.60. The van der Waals surface area contributed by atoms with E-state index in [0.29, 0.717) is 11.5 Å². The second kappa shape index (κ2) is 3.08. The van der Waals surface area contributed by atoms with Crippen molar-refractivity contribution < 1.29 is 4.57 Å². The molecular weight excluding hydrogens is 170 g/mol. The van der Waals surface area contributed by atoms with Crippen LogP contribution in [0.15, 0.2) is 18.3 Å². The number of aromatic nitrogens is 1. The maximum absolute atomic E-state index is 2.43. The SMILES string of the molecule is CC(C)[n+]1cccc2c1C(C)(C)CC2. The standard InChI is InChI=1S/C13H20N/c1-10(2)14-9-5-6-11-7-8-13(3,4)12(11)14/h5-6,9-10H,7-8H2,1-4H3/q+1. The van der Waals surface area contributed by atoms with E-state index in [4.69, 9.17) is 0 Å². The van der Waals surface area contributed by atoms with E-state index in [1.165, 1.54) is 12.8 Å². The summed E-state index contributed by atoms with van der Waals surface area (Å²) < 4.78 is 2.43. The van der Waals surface area contributed by atoms with E-state index in [2.05, 4.69) is 50.6 Å². The van der Waals surface area contributed by atoms with E-state index in [9.17, 15) is 0 Å². The Morgan fingerprint density at radius 3 is 2.71 bits per heavy atom. The van der Waals surface area contributed by atoms with Gasteiger partial charge in [0.15, 0.2) is 17.9 Å². The predicted molar refractivity (Wildman–Crippen MR) is 58.4 cm³/mol. The molecule has 0 saturated heterocycles. The molecule has 0 radical (unpaired) electrons. The van der Waals surface area contributed by atoms with Crippen molar-refractivity contribution in [1.29, 1.82) is 0 Å². The molecule has 0 atom stereocenters. The summed E-state index contributed by atoms with van der Waals surface area (Å²) in [6, 6.07) is 5.03. The summed E-state index contributed by atoms with van der Waals surface area (Å²) in [4.78, 5) is 0. The molecule has 0 saturated carbocycles. The first-order valence-corrected chi connectivity index (χ1v) is 5.56. The summed E-state index contributed by atoms with van der Waals surface area (Å²) >= 11 is 0. The molecule has 0 amide bonds. The first kappa shape index (κ1) is 9.70. The van der Waals surface area contributed by atoms with Crippen molar-refractivity contribution in [2.45, 2.75) is 52.0 Å². The molecule has 0 aliphatic heterocycles. The van der Waals surface area contributed by atoms with E-state index >= 15 is 0 Å². The van der Waals surface area contributed by atoms with Crippen LogP contribution in [0.3, 0.4) is 0 Å². The fourth-order valence-electron chi connectivity index (χ4n) is 2.55. The molecular formula is C13H20N+. The van der Waals surface area contributed by atoms with E-state index in [-0.39, 0.29) is 0 Å². The second-order valence-corrected chi connectivity index (χ2v) is 5.27. The van der Waals surface area contributed by atoms with Crippen LogP contribution in [0.5, 0.6) is 0 Å². The Morgan fingerprint density at radius 2 is 2.07 bits per heavy atom. The first-order chi connectivity index (χ1) is 6.52. The Labute approximate surface area is 86.8 Å². The van der Waals surface area contributed by atoms with Crippen molar-refractivity contribution in [3.8, 4) is 0 Å². The van der Waals surface area contributed by atoms with Gasteiger partial charge in [-0.15, -0.1) is 0 Å². The summed E-state index contributed by atoms with van der Waals surface area (Å²) in [6.07, 6.45) is 4.76. The lowest BCUT2D eigenvalue weighted by Gasteiger charge is -2.17. The van der Waals surface area contributed by atoms with E-state index in [1.807, 2.05) is 0 Å². The minimum atomic E-state index is 0.362. The van der Waals surface area contributed by atoms with E-state index in [0.717, 1.165) is 0 Å². The lowest BCUT2D eigenvalue weighted by Crippen LogP contribution is -2.44. The molecule has 0 fully saturated rings. The molecule has 0 N–H and O–H groups in total. The number of hydrogen-bond donors (Lipinski definition) is 0. The van der Waals surface area contributed by atoms with Gasteiger partial charge in [0.05, 0.1) is 0 Å². The Morgan fingerprint density at radius 1 is 1.36 bits per heavy atom. The minimum Gasteiger partial charge on any atom is -0.200 e. The topological polar surface area (TPSA) is 3.88 Å². The van der Waals surface area contributed by atoms with Gasteiger partial charge in [0, 0.05) is 17.0 Å². The van der Waals surface area contributed by atoms with Crippen LogP contribution in [0, 0.1) is 0 Å². The Hall–Kier alpha value is -0.850. The highest BCUT2D eigenvalue weighted by molar-refractivity contribution is 5.28. The third kappa shape index (κ3) is 1.35. The van der Waals surface area contributed by atoms with Gasteiger partial charge in [0.25, 0.3) is 0 Å². The van der Waals surface area contributed by atoms with Crippen LogP contribution >= 0.6 is 0 Å². The van der Waals surface area contributed by atoms with E-state index in [1.54, 1.807) is 11.3 Å². The molecule has 1 heteroatoms. The summed E-state index contributed by atoms with van der Waals surface area (Å²) in [7, 11) is 0. The third-order valence-electron chi connectivity index (χ3n) is 3.32. The molecule has 1 aliphatic rings. The lowest BCUT2D eigenvalue weighted by molar-refractivity contribution is -0.725. The molecule has 0 spiro atoms. The predicted octanol–water partition coefficient (Wildman–Crippen LogP) is 2.78. The average molecular weight is 190 g/mol. The molecule has 0 bridgehead atoms. The maximum atomic E-state index is 2.43. The van der Waals surface area contributed by atoms with Crippen LogP contribution in [0.1, 0.15) is 51.4 Å². The average Bonchev–Trinajstić information content (AvgIpc) is 2.43. The normalized spacial score (nSPS) is 18.6. The largest absolute Gasteiger partial charge is 0.200 e. The molecule has 76 valence electrons. The molecule has 14 heavy (non-hydrogen) atoms. The molecule has 0 aromatic carbocycles. The highest BCUT2D eigenvalue weighted by Gasteiger charge is 2.38. The highest BCUT2D eigenvalue weighted by atomic mass is 15.0. The Kier molecular flexibility index (Phi) is 2.13. The van der Waals surface area contributed by atoms with Crippen molar-refractivity contribution in [3.63, 3.8) is 0 Å². The van der Waals surface area contributed by atoms with Crippen molar-refractivity contribution >= 4 is 0 Å². The van der Waals surface area contributed by atoms with Crippen molar-refractivity contribution in [1.82, 2.24) is 0 Å². The first-order valence-electron chi connectivity index (χ1n) is 5.56. The number of hydrogen-bond acceptors (Lipinski definition) is 0. The summed E-state index contributed by atoms with van der Waals surface area (Å²) in [5.41, 5.74) is 3.46. The van der Waals surface area contributed by atoms with Crippen molar-refractivity contribution in [3.05, 3.63) is 29.6 Å². The lowest BCUT2D eigenvalue weighted by atomic mass is 9.90. The summed E-state index contributed by atoms with van der Waals surface area (Å²) in [6.45, 7) is 9.23. The second-order valence-electron chi connectivity index (χ2n) is 5.27. The van der Waals surface area contributed by atoms with Crippen LogP contribution in [0.4, 0.5) is 0 Å². The van der Waals surface area contributed by atoms with E-state index < -0.39 is 0 Å². The zero-order chi connectivity index (χ0) is 10.3. The monoisotopic (exact) mass is 190 g/mol. The fraction of sp³-hybridized carbons (Fsp3) is 0.615. The van der Waals surface area contributed by atoms with Crippen LogP contribution in [0.25, 0.3) is 0 Å². The van der Waals surface area contributed by atoms with Crippen LogP contribution in [0.2, 0.25) is 0 Å². The van der Waals surface area contributed by atoms with Gasteiger partial charge < -0.3 is 0 Å². The van der Waals surface area contributed by atoms with Gasteiger partial charge in [0.2, 0.25) is 0 Å². The molecule has 1 aliphatic carbocycles. The number of fused-ring (bicyclic) bond motifs is 1. The minimum absolute atomic E-state index is 0.362. The highest BCUT2D eigenvalue weighted by Crippen LogP contribution is 2.35. The van der Waals surface area contributed by atoms with Gasteiger partial charge in [-0.2, -0.15) is 4.57 Å². The van der Waals surface area contributed by atoms with Gasteiger partial charge >= 0.3 is 0 Å². The van der Waals surface area contributed by atoms with Crippen LogP contribution < -0.4 is 4.57 Å². The van der Waals surface area contributed by atoms with Gasteiger partial charge in [-0.1, -0.05) is 0 Å². The molecule has 0 unspecified atom stereocenters. The van der Waals surface area contributed by atoms with Gasteiger partial charge in [-0.05, 0) is 46.6 Å². The summed E-state index contributed by atoms with van der Waals surface area (Å²) in [5, 5.41) is 0. The smallest absolute Gasteiger partial charge is 0.190 e. The quantitative estimate of drug-likeness (QED) is 0.600. The van der Waals surface area contributed by atoms with Crippen molar-refractivity contribution in [2.24, 2.45) is 0 Å². The zero-order valence-electron chi connectivity index (χ0n) is 9.67. The number of rotatable bonds is 1. The van der Waals surface area contributed by atoms with Gasteiger partial charge in [-0.25, -0.2) is 0 Å². The maximum Gasteiger partial charge on any atom is 0.190 e. The molecule has 1 nitrogen and oxygen atoms in total.